The third-order valence-electron chi connectivity index (χ3n) is 8.33. The zero-order valence-corrected chi connectivity index (χ0v) is 26.8. The Kier molecular flexibility index (Phi) is 10.2. The Morgan fingerprint density at radius 3 is 2.14 bits per heavy atom. The number of carbonyl (C=O) groups is 1. The highest BCUT2D eigenvalue weighted by Crippen LogP contribution is 2.37. The van der Waals surface area contributed by atoms with E-state index in [0.717, 1.165) is 25.2 Å². The quantitative estimate of drug-likeness (QED) is 0.339. The number of hydrogen-bond donors (Lipinski definition) is 0. The number of ether oxygens (including phenoxy) is 3. The van der Waals surface area contributed by atoms with Gasteiger partial charge in [0.2, 0.25) is 11.8 Å². The van der Waals surface area contributed by atoms with Crippen molar-refractivity contribution in [3.8, 4) is 17.8 Å². The number of fused-ring (bicyclic) bond motifs is 1. The third kappa shape index (κ3) is 7.08. The summed E-state index contributed by atoms with van der Waals surface area (Å²) in [4.78, 5) is 31.0. The Balaban J connectivity index is 1.55. The van der Waals surface area contributed by atoms with Gasteiger partial charge in [0, 0.05) is 71.4 Å². The minimum atomic E-state index is -0.0862. The molecule has 0 aliphatic carbocycles. The van der Waals surface area contributed by atoms with E-state index in [-0.39, 0.29) is 36.1 Å². The number of amides is 2. The van der Waals surface area contributed by atoms with Crippen LogP contribution in [-0.4, -0.2) is 114 Å². The second-order valence-corrected chi connectivity index (χ2v) is 12.0. The molecule has 1 aromatic heterocycles. The molecule has 2 amide bonds. The molecule has 10 nitrogen and oxygen atoms in total. The summed E-state index contributed by atoms with van der Waals surface area (Å²) in [5.41, 5.74) is 3.36. The van der Waals surface area contributed by atoms with E-state index in [9.17, 15) is 4.79 Å². The van der Waals surface area contributed by atoms with Crippen LogP contribution in [0.25, 0.3) is 0 Å². The van der Waals surface area contributed by atoms with Crippen LogP contribution in [0.1, 0.15) is 43.4 Å². The summed E-state index contributed by atoms with van der Waals surface area (Å²) in [6.45, 7) is 10.6. The second kappa shape index (κ2) is 14.3. The summed E-state index contributed by atoms with van der Waals surface area (Å²) < 4.78 is 17.6. The average Bonchev–Trinajstić information content (AvgIpc) is 3.02. The molecule has 44 heavy (non-hydrogen) atoms. The van der Waals surface area contributed by atoms with Crippen molar-refractivity contribution in [1.29, 1.82) is 0 Å². The maximum atomic E-state index is 13.1. The summed E-state index contributed by atoms with van der Waals surface area (Å²) in [5.74, 6) is 1.07. The largest absolute Gasteiger partial charge is 0.481 e. The lowest BCUT2D eigenvalue weighted by Gasteiger charge is -2.53. The van der Waals surface area contributed by atoms with E-state index < -0.39 is 0 Å². The summed E-state index contributed by atoms with van der Waals surface area (Å²) in [5, 5.41) is 0. The summed E-state index contributed by atoms with van der Waals surface area (Å²) in [7, 11) is 5.26. The number of piperazine rings is 2. The number of benzene rings is 2. The SMILES string of the molecule is CCOc1nc(OC)c(CN2CC(C(c3ccccc3)c3ccccc3)N3CCN(C(=O)N(C)C)C[C@H]3C2)c(OC(C)C)n1. The van der Waals surface area contributed by atoms with Crippen LogP contribution < -0.4 is 14.2 Å². The van der Waals surface area contributed by atoms with Crippen LogP contribution in [0.4, 0.5) is 4.79 Å². The molecule has 0 saturated carbocycles. The van der Waals surface area contributed by atoms with E-state index >= 15 is 0 Å². The van der Waals surface area contributed by atoms with E-state index in [4.69, 9.17) is 14.2 Å². The Bertz CT molecular complexity index is 1330. The third-order valence-corrected chi connectivity index (χ3v) is 8.33. The predicted molar refractivity (Wildman–Crippen MR) is 170 cm³/mol. The lowest BCUT2D eigenvalue weighted by molar-refractivity contribution is -0.0271. The van der Waals surface area contributed by atoms with Gasteiger partial charge in [-0.05, 0) is 31.9 Å². The van der Waals surface area contributed by atoms with Crippen LogP contribution >= 0.6 is 0 Å². The lowest BCUT2D eigenvalue weighted by Crippen LogP contribution is -2.67. The molecular weight excluding hydrogens is 556 g/mol. The Hall–Kier alpha value is -3.89. The average molecular weight is 603 g/mol. The van der Waals surface area contributed by atoms with Gasteiger partial charge in [0.25, 0.3) is 0 Å². The van der Waals surface area contributed by atoms with Crippen molar-refractivity contribution in [1.82, 2.24) is 29.6 Å². The van der Waals surface area contributed by atoms with E-state index in [1.54, 1.807) is 12.0 Å². The van der Waals surface area contributed by atoms with Gasteiger partial charge < -0.3 is 24.0 Å². The summed E-state index contributed by atoms with van der Waals surface area (Å²) in [6.07, 6.45) is -0.0862. The molecule has 0 spiro atoms. The summed E-state index contributed by atoms with van der Waals surface area (Å²) in [6, 6.07) is 22.1. The van der Waals surface area contributed by atoms with Gasteiger partial charge in [-0.3, -0.25) is 9.80 Å². The van der Waals surface area contributed by atoms with Crippen molar-refractivity contribution >= 4 is 6.03 Å². The lowest BCUT2D eigenvalue weighted by atomic mass is 9.81. The standard InChI is InChI=1S/C34H46N6O4/c1-7-43-33-35-31(42-6)28(32(36-33)44-24(2)3)22-38-20-27-21-39(34(41)37(4)5)18-19-40(27)29(23-38)30(25-14-10-8-11-15-25)26-16-12-9-13-17-26/h8-17,24,27,29-30H,7,18-23H2,1-6H3/t27-,29?/m1/s1. The molecule has 2 fully saturated rings. The van der Waals surface area contributed by atoms with Crippen LogP contribution in [0.2, 0.25) is 0 Å². The normalized spacial score (nSPS) is 19.1. The molecule has 2 aliphatic heterocycles. The van der Waals surface area contributed by atoms with E-state index in [0.29, 0.717) is 38.0 Å². The molecule has 10 heteroatoms. The first-order valence-corrected chi connectivity index (χ1v) is 15.6. The molecule has 3 aromatic rings. The maximum absolute atomic E-state index is 13.1. The number of nitrogens with zero attached hydrogens (tertiary/aromatic N) is 6. The van der Waals surface area contributed by atoms with E-state index in [1.807, 2.05) is 39.8 Å². The number of urea groups is 1. The molecule has 2 saturated heterocycles. The zero-order valence-electron chi connectivity index (χ0n) is 26.8. The van der Waals surface area contributed by atoms with Gasteiger partial charge in [-0.25, -0.2) is 4.79 Å². The van der Waals surface area contributed by atoms with E-state index in [2.05, 4.69) is 80.4 Å². The molecular formula is C34H46N6O4. The van der Waals surface area contributed by atoms with Crippen LogP contribution in [0.15, 0.2) is 60.7 Å². The molecule has 0 N–H and O–H groups in total. The summed E-state index contributed by atoms with van der Waals surface area (Å²) >= 11 is 0. The van der Waals surface area contributed by atoms with Crippen LogP contribution in [0.5, 0.6) is 17.8 Å². The highest BCUT2D eigenvalue weighted by molar-refractivity contribution is 5.74. The van der Waals surface area contributed by atoms with Crippen molar-refractivity contribution in [2.24, 2.45) is 0 Å². The van der Waals surface area contributed by atoms with Crippen LogP contribution in [0, 0.1) is 0 Å². The highest BCUT2D eigenvalue weighted by atomic mass is 16.5. The number of carbonyl (C=O) groups excluding carboxylic acids is 1. The van der Waals surface area contributed by atoms with Gasteiger partial charge in [-0.2, -0.15) is 9.97 Å². The minimum Gasteiger partial charge on any atom is -0.481 e. The van der Waals surface area contributed by atoms with Gasteiger partial charge in [-0.1, -0.05) is 60.7 Å². The first-order valence-electron chi connectivity index (χ1n) is 15.6. The molecule has 5 rings (SSSR count). The fourth-order valence-electron chi connectivity index (χ4n) is 6.52. The van der Waals surface area contributed by atoms with Crippen molar-refractivity contribution < 1.29 is 19.0 Å². The Morgan fingerprint density at radius 1 is 0.932 bits per heavy atom. The van der Waals surface area contributed by atoms with Crippen molar-refractivity contribution in [2.45, 2.75) is 51.4 Å². The molecule has 2 aliphatic rings. The van der Waals surface area contributed by atoms with E-state index in [1.165, 1.54) is 11.1 Å². The topological polar surface area (TPSA) is 83.5 Å². The first-order chi connectivity index (χ1) is 21.3. The fraction of sp³-hybridized carbons (Fsp3) is 0.500. The number of methoxy groups -OCH3 is 1. The second-order valence-electron chi connectivity index (χ2n) is 12.0. The number of aromatic nitrogens is 2. The Morgan fingerprint density at radius 2 is 1.57 bits per heavy atom. The molecule has 0 radical (unpaired) electrons. The first kappa shape index (κ1) is 31.5. The number of hydrogen-bond acceptors (Lipinski definition) is 8. The Labute approximate surface area is 261 Å². The van der Waals surface area contributed by atoms with Gasteiger partial charge in [0.1, 0.15) is 0 Å². The zero-order chi connectivity index (χ0) is 31.2. The molecule has 1 unspecified atom stereocenters. The maximum Gasteiger partial charge on any atom is 0.323 e. The van der Waals surface area contributed by atoms with Crippen molar-refractivity contribution in [3.63, 3.8) is 0 Å². The number of rotatable bonds is 10. The predicted octanol–water partition coefficient (Wildman–Crippen LogP) is 4.36. The smallest absolute Gasteiger partial charge is 0.323 e. The van der Waals surface area contributed by atoms with Crippen LogP contribution in [0.3, 0.4) is 0 Å². The van der Waals surface area contributed by atoms with Gasteiger partial charge in [0.05, 0.1) is 25.4 Å². The highest BCUT2D eigenvalue weighted by Gasteiger charge is 2.43. The molecule has 3 heterocycles. The minimum absolute atomic E-state index is 0.0511. The van der Waals surface area contributed by atoms with Gasteiger partial charge >= 0.3 is 12.0 Å². The molecule has 2 atom stereocenters. The van der Waals surface area contributed by atoms with Gasteiger partial charge in [0.15, 0.2) is 0 Å². The van der Waals surface area contributed by atoms with Crippen molar-refractivity contribution in [3.05, 3.63) is 77.4 Å². The molecule has 236 valence electrons. The van der Waals surface area contributed by atoms with Crippen LogP contribution in [-0.2, 0) is 6.54 Å². The fourth-order valence-corrected chi connectivity index (χ4v) is 6.52. The molecule has 0 bridgehead atoms. The van der Waals surface area contributed by atoms with Gasteiger partial charge in [-0.15, -0.1) is 0 Å². The molecule has 2 aromatic carbocycles. The monoisotopic (exact) mass is 602 g/mol. The van der Waals surface area contributed by atoms with Crippen molar-refractivity contribution in [2.75, 3.05) is 60.5 Å².